The van der Waals surface area contributed by atoms with Gasteiger partial charge in [-0.1, -0.05) is 54.1 Å². The maximum atomic E-state index is 13.7. The number of rotatable bonds is 6. The van der Waals surface area contributed by atoms with Gasteiger partial charge in [-0.25, -0.2) is 9.82 Å². The first-order chi connectivity index (χ1) is 16.3. The molecule has 1 unspecified atom stereocenters. The van der Waals surface area contributed by atoms with Crippen LogP contribution in [0.5, 0.6) is 0 Å². The number of allylic oxidation sites excluding steroid dienone is 2. The second-order valence-electron chi connectivity index (χ2n) is 8.59. The SMILES string of the molecule is CCN1/C(=C\C=N\NC(=O)c2ccccc2C)C(C)(Cc2ccc(F)cc2Cl)c2ccccc21. The Morgan fingerprint density at radius 1 is 1.15 bits per heavy atom. The molecule has 4 rings (SSSR count). The van der Waals surface area contributed by atoms with E-state index < -0.39 is 5.41 Å². The van der Waals surface area contributed by atoms with Crippen molar-refractivity contribution in [2.24, 2.45) is 5.10 Å². The van der Waals surface area contributed by atoms with E-state index in [1.54, 1.807) is 18.3 Å². The molecule has 0 spiro atoms. The van der Waals surface area contributed by atoms with E-state index in [2.05, 4.69) is 41.4 Å². The van der Waals surface area contributed by atoms with Crippen molar-refractivity contribution >= 4 is 29.4 Å². The third-order valence-corrected chi connectivity index (χ3v) is 6.74. The van der Waals surface area contributed by atoms with Gasteiger partial charge in [0.05, 0.1) is 0 Å². The molecule has 1 aliphatic heterocycles. The first kappa shape index (κ1) is 23.7. The number of nitrogens with zero attached hydrogens (tertiary/aromatic N) is 2. The van der Waals surface area contributed by atoms with E-state index in [0.717, 1.165) is 29.1 Å². The Bertz CT molecular complexity index is 1290. The normalized spacial score (nSPS) is 18.5. The van der Waals surface area contributed by atoms with Gasteiger partial charge in [0, 0.05) is 40.1 Å². The van der Waals surface area contributed by atoms with Gasteiger partial charge in [-0.2, -0.15) is 5.10 Å². The molecular weight excluding hydrogens is 449 g/mol. The number of aryl methyl sites for hydroxylation is 1. The number of amides is 1. The summed E-state index contributed by atoms with van der Waals surface area (Å²) in [5.41, 5.74) is 7.87. The highest BCUT2D eigenvalue weighted by Crippen LogP contribution is 2.49. The van der Waals surface area contributed by atoms with Crippen LogP contribution in [0.1, 0.15) is 40.9 Å². The number of hydrazone groups is 1. The number of para-hydroxylation sites is 1. The Morgan fingerprint density at radius 2 is 1.88 bits per heavy atom. The fourth-order valence-electron chi connectivity index (χ4n) is 4.68. The molecule has 0 aliphatic carbocycles. The summed E-state index contributed by atoms with van der Waals surface area (Å²) in [6.45, 7) is 6.91. The lowest BCUT2D eigenvalue weighted by molar-refractivity contribution is 0.0954. The summed E-state index contributed by atoms with van der Waals surface area (Å²) in [4.78, 5) is 14.7. The van der Waals surface area contributed by atoms with E-state index in [1.807, 2.05) is 43.3 Å². The van der Waals surface area contributed by atoms with Gasteiger partial charge in [-0.3, -0.25) is 4.79 Å². The molecule has 0 saturated heterocycles. The van der Waals surface area contributed by atoms with Gasteiger partial charge in [0.1, 0.15) is 5.82 Å². The van der Waals surface area contributed by atoms with Gasteiger partial charge in [-0.15, -0.1) is 0 Å². The zero-order valence-corrected chi connectivity index (χ0v) is 20.2. The Hall–Kier alpha value is -3.44. The van der Waals surface area contributed by atoms with Crippen LogP contribution in [-0.4, -0.2) is 18.7 Å². The van der Waals surface area contributed by atoms with Crippen molar-refractivity contribution in [3.8, 4) is 0 Å². The predicted molar refractivity (Wildman–Crippen MR) is 137 cm³/mol. The topological polar surface area (TPSA) is 44.7 Å². The van der Waals surface area contributed by atoms with Crippen molar-refractivity contribution < 1.29 is 9.18 Å². The smallest absolute Gasteiger partial charge is 0.271 e. The summed E-state index contributed by atoms with van der Waals surface area (Å²) >= 11 is 6.40. The van der Waals surface area contributed by atoms with Crippen LogP contribution in [-0.2, 0) is 11.8 Å². The Morgan fingerprint density at radius 3 is 2.62 bits per heavy atom. The maximum Gasteiger partial charge on any atom is 0.271 e. The summed E-state index contributed by atoms with van der Waals surface area (Å²) in [6, 6.07) is 20.2. The highest BCUT2D eigenvalue weighted by Gasteiger charge is 2.43. The lowest BCUT2D eigenvalue weighted by Crippen LogP contribution is -2.31. The van der Waals surface area contributed by atoms with Crippen molar-refractivity contribution in [1.29, 1.82) is 0 Å². The molecule has 0 radical (unpaired) electrons. The Kier molecular flexibility index (Phi) is 6.85. The minimum Gasteiger partial charge on any atom is -0.344 e. The number of likely N-dealkylation sites (N-methyl/N-ethyl adjacent to an activating group) is 1. The fraction of sp³-hybridized carbons (Fsp3) is 0.214. The molecule has 3 aromatic carbocycles. The zero-order chi connectivity index (χ0) is 24.3. The van der Waals surface area contributed by atoms with Gasteiger partial charge in [-0.05, 0) is 74.2 Å². The number of carbonyl (C=O) groups excluding carboxylic acids is 1. The van der Waals surface area contributed by atoms with Crippen LogP contribution < -0.4 is 10.3 Å². The predicted octanol–water partition coefficient (Wildman–Crippen LogP) is 6.43. The van der Waals surface area contributed by atoms with E-state index in [4.69, 9.17) is 11.6 Å². The average Bonchev–Trinajstić information content (AvgIpc) is 3.06. The number of halogens is 2. The summed E-state index contributed by atoms with van der Waals surface area (Å²) in [7, 11) is 0. The summed E-state index contributed by atoms with van der Waals surface area (Å²) in [5.74, 6) is -0.608. The van der Waals surface area contributed by atoms with Gasteiger partial charge >= 0.3 is 0 Å². The van der Waals surface area contributed by atoms with Crippen LogP contribution in [0.15, 0.2) is 83.6 Å². The molecule has 0 bridgehead atoms. The number of hydrogen-bond donors (Lipinski definition) is 1. The molecule has 1 heterocycles. The molecular formula is C28H27ClFN3O. The second kappa shape index (κ2) is 9.82. The number of carbonyl (C=O) groups is 1. The van der Waals surface area contributed by atoms with Crippen molar-refractivity contribution in [3.05, 3.63) is 112 Å². The number of nitrogens with one attached hydrogen (secondary N) is 1. The van der Waals surface area contributed by atoms with Crippen molar-refractivity contribution in [1.82, 2.24) is 5.43 Å². The zero-order valence-electron chi connectivity index (χ0n) is 19.5. The monoisotopic (exact) mass is 475 g/mol. The number of hydrogen-bond acceptors (Lipinski definition) is 3. The van der Waals surface area contributed by atoms with Crippen LogP contribution in [0.4, 0.5) is 10.1 Å². The van der Waals surface area contributed by atoms with Crippen LogP contribution in [0.25, 0.3) is 0 Å². The number of fused-ring (bicyclic) bond motifs is 1. The molecule has 1 aliphatic rings. The Labute approximate surface area is 204 Å². The van der Waals surface area contributed by atoms with E-state index in [-0.39, 0.29) is 11.7 Å². The van der Waals surface area contributed by atoms with Gasteiger partial charge < -0.3 is 4.90 Å². The van der Waals surface area contributed by atoms with Gasteiger partial charge in [0.2, 0.25) is 0 Å². The van der Waals surface area contributed by atoms with E-state index in [0.29, 0.717) is 17.0 Å². The average molecular weight is 476 g/mol. The molecule has 1 N–H and O–H groups in total. The van der Waals surface area contributed by atoms with Gasteiger partial charge in [0.25, 0.3) is 5.91 Å². The second-order valence-corrected chi connectivity index (χ2v) is 9.00. The molecule has 1 atom stereocenters. The number of anilines is 1. The largest absolute Gasteiger partial charge is 0.344 e. The summed E-state index contributed by atoms with van der Waals surface area (Å²) in [6.07, 6.45) is 4.14. The van der Waals surface area contributed by atoms with Crippen LogP contribution in [0.3, 0.4) is 0 Å². The third-order valence-electron chi connectivity index (χ3n) is 6.38. The molecule has 3 aromatic rings. The molecule has 1 amide bonds. The molecule has 34 heavy (non-hydrogen) atoms. The molecule has 4 nitrogen and oxygen atoms in total. The maximum absolute atomic E-state index is 13.7. The first-order valence-electron chi connectivity index (χ1n) is 11.3. The lowest BCUT2D eigenvalue weighted by Gasteiger charge is -2.30. The molecule has 0 aromatic heterocycles. The minimum absolute atomic E-state index is 0.254. The fourth-order valence-corrected chi connectivity index (χ4v) is 4.91. The van der Waals surface area contributed by atoms with Crippen molar-refractivity contribution in [3.63, 3.8) is 0 Å². The highest BCUT2D eigenvalue weighted by molar-refractivity contribution is 6.31. The molecule has 0 saturated carbocycles. The van der Waals surface area contributed by atoms with Crippen LogP contribution >= 0.6 is 11.6 Å². The van der Waals surface area contributed by atoms with Crippen molar-refractivity contribution in [2.45, 2.75) is 32.6 Å². The van der Waals surface area contributed by atoms with Gasteiger partial charge in [0.15, 0.2) is 0 Å². The van der Waals surface area contributed by atoms with E-state index >= 15 is 0 Å². The van der Waals surface area contributed by atoms with Crippen LogP contribution in [0.2, 0.25) is 5.02 Å². The molecule has 0 fully saturated rings. The molecule has 174 valence electrons. The number of benzene rings is 3. The quantitative estimate of drug-likeness (QED) is 0.330. The minimum atomic E-state index is -0.417. The first-order valence-corrected chi connectivity index (χ1v) is 11.6. The third kappa shape index (κ3) is 4.48. The van der Waals surface area contributed by atoms with E-state index in [9.17, 15) is 9.18 Å². The summed E-state index contributed by atoms with van der Waals surface area (Å²) in [5, 5.41) is 4.59. The lowest BCUT2D eigenvalue weighted by atomic mass is 9.76. The highest BCUT2D eigenvalue weighted by atomic mass is 35.5. The summed E-state index contributed by atoms with van der Waals surface area (Å²) < 4.78 is 13.7. The standard InChI is InChI=1S/C28H27ClFN3O/c1-4-33-25-12-8-7-11-23(25)28(3,18-20-13-14-21(30)17-24(20)29)26(33)15-16-31-32-27(34)22-10-6-5-9-19(22)2/h5-17H,4,18H2,1-3H3,(H,32,34)/b26-15-,31-16+. The van der Waals surface area contributed by atoms with E-state index in [1.165, 1.54) is 17.7 Å². The van der Waals surface area contributed by atoms with Crippen molar-refractivity contribution in [2.75, 3.05) is 11.4 Å². The molecule has 6 heteroatoms. The Balaban J connectivity index is 1.67. The van der Waals surface area contributed by atoms with Crippen LogP contribution in [0, 0.1) is 12.7 Å².